The van der Waals surface area contributed by atoms with Crippen LogP contribution in [0.25, 0.3) is 20.9 Å². The topological polar surface area (TPSA) is 316 Å². The molecule has 404 valence electrons. The molecule has 19 nitrogen and oxygen atoms in total. The van der Waals surface area contributed by atoms with E-state index in [9.17, 15) is 31.9 Å². The highest BCUT2D eigenvalue weighted by Crippen LogP contribution is 2.44. The first-order chi connectivity index (χ1) is 36.5. The molecule has 0 bridgehead atoms. The van der Waals surface area contributed by atoms with Crippen LogP contribution in [-0.4, -0.2) is 69.4 Å². The second-order valence-corrected chi connectivity index (χ2v) is 23.4. The van der Waals surface area contributed by atoms with Gasteiger partial charge in [0.25, 0.3) is 20.0 Å². The Morgan fingerprint density at radius 2 is 0.934 bits per heavy atom. The third-order valence-corrected chi connectivity index (χ3v) is 17.9. The Balaban J connectivity index is 1.30. The lowest BCUT2D eigenvalue weighted by Gasteiger charge is -2.17. The number of rotatable bonds is 30. The quantitative estimate of drug-likeness (QED) is 0.0141. The summed E-state index contributed by atoms with van der Waals surface area (Å²) >= 11 is 1.70. The standard InChI is InChI=1S/C50H56F2N8O11PS4/c1-31-37(11-13-41(66-23-3-19-53)47(31)68-25-5-21-55)43-15-17-45(73-43)75(62,63)59-49(33-7-9-35(29-57)39(51)27-33)70-72(61)71-50(34-8-10-36(30-58)40(52)28-34)60-76(64,65)46-18-16-44(74-46)38-12-14-42(67-24-4-20-54)48(32(38)2)69-26-6-22-56/h7-18,27-28,49-50,59-60H,3-6,19-26,53-56H2,1-2H3/q+1. The van der Waals surface area contributed by atoms with Crippen LogP contribution in [0.3, 0.4) is 0 Å². The summed E-state index contributed by atoms with van der Waals surface area (Å²) < 4.78 is 141. The summed E-state index contributed by atoms with van der Waals surface area (Å²) in [6.45, 7) is 6.39. The van der Waals surface area contributed by atoms with Crippen molar-refractivity contribution in [3.05, 3.63) is 130 Å². The van der Waals surface area contributed by atoms with Crippen LogP contribution in [0.4, 0.5) is 8.78 Å². The second-order valence-electron chi connectivity index (χ2n) is 16.5. The summed E-state index contributed by atoms with van der Waals surface area (Å²) in [5.74, 6) is -0.372. The minimum atomic E-state index is -4.66. The van der Waals surface area contributed by atoms with Crippen molar-refractivity contribution >= 4 is 51.0 Å². The number of nitrogens with two attached hydrogens (primary N) is 4. The van der Waals surface area contributed by atoms with Crippen molar-refractivity contribution < 1.29 is 58.2 Å². The SMILES string of the molecule is Cc1c(-c2ccc(S(=O)(=O)NC(O[P+](=O)OC(NS(=O)(=O)c3ccc(-c4ccc(OCCCN)c(OCCCN)c4C)s3)c3ccc(C#N)c(F)c3)c3ccc(C#N)c(F)c3)s2)ccc(OCCCN)c1OCCCN. The number of nitrogens with one attached hydrogen (secondary N) is 2. The fraction of sp³-hybridized carbons (Fsp3) is 0.320. The van der Waals surface area contributed by atoms with Gasteiger partial charge in [0.2, 0.25) is 12.5 Å². The molecule has 2 heterocycles. The van der Waals surface area contributed by atoms with Gasteiger partial charge in [0, 0.05) is 36.6 Å². The molecule has 0 aliphatic heterocycles. The molecule has 0 amide bonds. The van der Waals surface area contributed by atoms with E-state index in [-0.39, 0.29) is 32.8 Å². The normalized spacial score (nSPS) is 12.6. The lowest BCUT2D eigenvalue weighted by Crippen LogP contribution is -2.30. The first-order valence-electron chi connectivity index (χ1n) is 23.5. The van der Waals surface area contributed by atoms with E-state index in [1.54, 1.807) is 62.4 Å². The summed E-state index contributed by atoms with van der Waals surface area (Å²) in [6.07, 6.45) is -1.74. The van der Waals surface area contributed by atoms with Crippen LogP contribution in [0, 0.1) is 48.1 Å². The maximum atomic E-state index is 15.2. The number of ether oxygens (including phenoxy) is 4. The van der Waals surface area contributed by atoms with Gasteiger partial charge in [-0.05, 0) is 150 Å². The van der Waals surface area contributed by atoms with Crippen LogP contribution in [0.15, 0.2) is 93.3 Å². The average Bonchev–Trinajstić information content (AvgIpc) is 4.11. The van der Waals surface area contributed by atoms with Gasteiger partial charge in [-0.3, -0.25) is 0 Å². The van der Waals surface area contributed by atoms with E-state index >= 15 is 8.78 Å². The number of benzene rings is 4. The molecule has 76 heavy (non-hydrogen) atoms. The van der Waals surface area contributed by atoms with Gasteiger partial charge in [-0.15, -0.1) is 22.7 Å². The number of hydrogen-bond donors (Lipinski definition) is 6. The highest BCUT2D eigenvalue weighted by molar-refractivity contribution is 7.92. The van der Waals surface area contributed by atoms with Gasteiger partial charge in [-0.25, -0.2) is 25.6 Å². The first-order valence-corrected chi connectivity index (χ1v) is 29.2. The number of hydrogen-bond acceptors (Lipinski definition) is 19. The zero-order chi connectivity index (χ0) is 55.0. The summed E-state index contributed by atoms with van der Waals surface area (Å²) in [5, 5.41) is 18.9. The zero-order valence-electron chi connectivity index (χ0n) is 41.3. The third kappa shape index (κ3) is 15.1. The third-order valence-electron chi connectivity index (χ3n) is 11.1. The van der Waals surface area contributed by atoms with E-state index in [1.165, 1.54) is 12.1 Å². The fourth-order valence-electron chi connectivity index (χ4n) is 7.18. The Bertz CT molecular complexity index is 3100. The molecule has 2 atom stereocenters. The molecule has 0 fully saturated rings. The molecule has 26 heteroatoms. The Labute approximate surface area is 448 Å². The molecule has 4 aromatic carbocycles. The molecule has 0 radical (unpaired) electrons. The van der Waals surface area contributed by atoms with Crippen LogP contribution in [0.1, 0.15) is 71.5 Å². The van der Waals surface area contributed by atoms with Gasteiger partial charge in [0.05, 0.1) is 37.6 Å². The highest BCUT2D eigenvalue weighted by atomic mass is 32.3. The molecule has 6 rings (SSSR count). The van der Waals surface area contributed by atoms with Crippen molar-refractivity contribution in [3.63, 3.8) is 0 Å². The van der Waals surface area contributed by atoms with Crippen LogP contribution >= 0.6 is 30.9 Å². The Hall–Kier alpha value is -6.00. The number of thiophene rings is 2. The fourth-order valence-corrected chi connectivity index (χ4v) is 13.1. The maximum absolute atomic E-state index is 15.2. The van der Waals surface area contributed by atoms with Gasteiger partial charge >= 0.3 is 8.25 Å². The first kappa shape index (κ1) is 59.2. The predicted molar refractivity (Wildman–Crippen MR) is 284 cm³/mol. The van der Waals surface area contributed by atoms with E-state index in [4.69, 9.17) is 50.9 Å². The molecular formula is C50H56F2N8O11PS4+. The van der Waals surface area contributed by atoms with E-state index in [0.29, 0.717) is 120 Å². The maximum Gasteiger partial charge on any atom is 0.701 e. The zero-order valence-corrected chi connectivity index (χ0v) is 45.4. The van der Waals surface area contributed by atoms with E-state index < -0.39 is 63.5 Å². The van der Waals surface area contributed by atoms with Crippen LogP contribution in [0.2, 0.25) is 0 Å². The monoisotopic (exact) mass is 1140 g/mol. The van der Waals surface area contributed by atoms with Gasteiger partial charge in [0.15, 0.2) is 23.0 Å². The Morgan fingerprint density at radius 1 is 0.566 bits per heavy atom. The molecule has 2 unspecified atom stereocenters. The molecular weight excluding hydrogens is 1090 g/mol. The van der Waals surface area contributed by atoms with Crippen molar-refractivity contribution in [1.82, 2.24) is 9.44 Å². The highest BCUT2D eigenvalue weighted by Gasteiger charge is 2.39. The minimum Gasteiger partial charge on any atom is -0.490 e. The van der Waals surface area contributed by atoms with Crippen molar-refractivity contribution in [3.8, 4) is 56.0 Å². The molecule has 0 aliphatic rings. The molecule has 6 aromatic rings. The number of nitrogens with zero attached hydrogens (tertiary/aromatic N) is 2. The van der Waals surface area contributed by atoms with E-state index in [2.05, 4.69) is 9.44 Å². The predicted octanol–water partition coefficient (Wildman–Crippen LogP) is 8.04. The van der Waals surface area contributed by atoms with Gasteiger partial charge in [-0.2, -0.15) is 20.0 Å². The lowest BCUT2D eigenvalue weighted by atomic mass is 10.1. The second kappa shape index (κ2) is 27.9. The number of halogens is 2. The molecule has 0 spiro atoms. The minimum absolute atomic E-state index is 0.263. The van der Waals surface area contributed by atoms with Crippen LogP contribution < -0.4 is 51.3 Å². The molecule has 0 saturated carbocycles. The molecule has 10 N–H and O–H groups in total. The lowest BCUT2D eigenvalue weighted by molar-refractivity contribution is 0.119. The summed E-state index contributed by atoms with van der Waals surface area (Å²) in [7, 11) is -13.0. The Kier molecular flexibility index (Phi) is 21.7. The molecule has 2 aromatic heterocycles. The summed E-state index contributed by atoms with van der Waals surface area (Å²) in [5.41, 5.74) is 23.8. The van der Waals surface area contributed by atoms with E-state index in [0.717, 1.165) is 59.1 Å². The van der Waals surface area contributed by atoms with Crippen molar-refractivity contribution in [1.29, 1.82) is 10.5 Å². The van der Waals surface area contributed by atoms with Crippen molar-refractivity contribution in [2.75, 3.05) is 52.6 Å². The van der Waals surface area contributed by atoms with Crippen LogP contribution in [0.5, 0.6) is 23.0 Å². The number of nitriles is 2. The number of sulfonamides is 2. The average molecular weight is 1140 g/mol. The summed E-state index contributed by atoms with van der Waals surface area (Å²) in [6, 6.07) is 21.9. The Morgan fingerprint density at radius 3 is 1.28 bits per heavy atom. The van der Waals surface area contributed by atoms with Gasteiger partial charge in [0.1, 0.15) is 32.2 Å². The van der Waals surface area contributed by atoms with E-state index in [1.807, 2.05) is 0 Å². The van der Waals surface area contributed by atoms with Gasteiger partial charge < -0.3 is 41.9 Å². The molecule has 0 saturated heterocycles. The van der Waals surface area contributed by atoms with Gasteiger partial charge in [-0.1, -0.05) is 21.2 Å². The van der Waals surface area contributed by atoms with Crippen molar-refractivity contribution in [2.45, 2.75) is 60.4 Å². The van der Waals surface area contributed by atoms with Crippen LogP contribution in [-0.2, 0) is 33.7 Å². The molecule has 0 aliphatic carbocycles. The summed E-state index contributed by atoms with van der Waals surface area (Å²) in [4.78, 5) is 0.977. The van der Waals surface area contributed by atoms with Crippen molar-refractivity contribution in [2.24, 2.45) is 22.9 Å². The largest absolute Gasteiger partial charge is 0.701 e. The smallest absolute Gasteiger partial charge is 0.490 e.